The molecule has 134 valence electrons. The summed E-state index contributed by atoms with van der Waals surface area (Å²) in [4.78, 5) is 11.3. The van der Waals surface area contributed by atoms with Crippen molar-refractivity contribution >= 4 is 27.3 Å². The number of ether oxygens (including phenoxy) is 1. The van der Waals surface area contributed by atoms with Crippen LogP contribution in [0.15, 0.2) is 23.1 Å². The van der Waals surface area contributed by atoms with Crippen LogP contribution in [0.4, 0.5) is 5.69 Å². The Morgan fingerprint density at radius 3 is 2.58 bits per heavy atom. The molecular weight excluding hydrogens is 358 g/mol. The van der Waals surface area contributed by atoms with Crippen molar-refractivity contribution in [2.45, 2.75) is 24.3 Å². The summed E-state index contributed by atoms with van der Waals surface area (Å²) in [7, 11) is -3.86. The Morgan fingerprint density at radius 1 is 1.38 bits per heavy atom. The topological polar surface area (TPSA) is 103 Å². The predicted molar refractivity (Wildman–Crippen MR) is 88.9 cm³/mol. The van der Waals surface area contributed by atoms with Gasteiger partial charge < -0.3 is 9.64 Å². The van der Waals surface area contributed by atoms with Crippen molar-refractivity contribution in [3.63, 3.8) is 0 Å². The number of nitrogens with zero attached hydrogens (tertiary/aromatic N) is 1. The van der Waals surface area contributed by atoms with Gasteiger partial charge in [-0.2, -0.15) is 0 Å². The smallest absolute Gasteiger partial charge is 0.289 e. The lowest BCUT2D eigenvalue weighted by molar-refractivity contribution is -0.954. The number of morpholine rings is 1. The summed E-state index contributed by atoms with van der Waals surface area (Å²) < 4.78 is 32.7. The zero-order valence-corrected chi connectivity index (χ0v) is 15.1. The second kappa shape index (κ2) is 7.32. The number of halogens is 1. The molecule has 2 rings (SSSR count). The molecule has 1 aromatic rings. The Kier molecular flexibility index (Phi) is 5.82. The molecule has 1 heterocycles. The predicted octanol–water partition coefficient (Wildman–Crippen LogP) is 0.220. The van der Waals surface area contributed by atoms with E-state index in [9.17, 15) is 18.5 Å². The van der Waals surface area contributed by atoms with E-state index >= 15 is 0 Å². The molecule has 0 aliphatic carbocycles. The molecule has 0 amide bonds. The van der Waals surface area contributed by atoms with E-state index < -0.39 is 20.6 Å². The summed E-state index contributed by atoms with van der Waals surface area (Å²) in [6.07, 6.45) is 0. The third kappa shape index (κ3) is 4.42. The van der Waals surface area contributed by atoms with E-state index in [4.69, 9.17) is 16.3 Å². The zero-order valence-electron chi connectivity index (χ0n) is 13.5. The number of nitro benzene ring substituents is 1. The lowest BCUT2D eigenvalue weighted by Crippen LogP contribution is -3.22. The lowest BCUT2D eigenvalue weighted by atomic mass is 10.0. The van der Waals surface area contributed by atoms with E-state index in [-0.39, 0.29) is 22.0 Å². The van der Waals surface area contributed by atoms with Gasteiger partial charge in [0.2, 0.25) is 10.0 Å². The molecule has 0 radical (unpaired) electrons. The number of benzene rings is 1. The fourth-order valence-corrected chi connectivity index (χ4v) is 4.00. The molecule has 0 unspecified atom stereocenters. The molecule has 1 fully saturated rings. The average molecular weight is 379 g/mol. The molecule has 10 heteroatoms. The van der Waals surface area contributed by atoms with Crippen molar-refractivity contribution in [2.75, 3.05) is 32.8 Å². The number of nitrogens with one attached hydrogen (secondary N) is 2. The van der Waals surface area contributed by atoms with Crippen LogP contribution in [-0.2, 0) is 14.8 Å². The quantitative estimate of drug-likeness (QED) is 0.544. The van der Waals surface area contributed by atoms with Crippen molar-refractivity contribution < 1.29 is 23.0 Å². The van der Waals surface area contributed by atoms with Crippen LogP contribution >= 0.6 is 11.6 Å². The van der Waals surface area contributed by atoms with Crippen LogP contribution in [0, 0.1) is 10.1 Å². The highest BCUT2D eigenvalue weighted by Gasteiger charge is 2.34. The first-order valence-electron chi connectivity index (χ1n) is 7.50. The maximum atomic E-state index is 12.4. The Hall–Kier alpha value is -1.26. The number of rotatable bonds is 6. The van der Waals surface area contributed by atoms with Crippen LogP contribution in [-0.4, -0.2) is 51.7 Å². The van der Waals surface area contributed by atoms with Gasteiger partial charge in [0.25, 0.3) is 5.69 Å². The van der Waals surface area contributed by atoms with E-state index in [2.05, 4.69) is 4.72 Å². The van der Waals surface area contributed by atoms with E-state index in [0.717, 1.165) is 19.2 Å². The summed E-state index contributed by atoms with van der Waals surface area (Å²) in [6.45, 7) is 7.06. The summed E-state index contributed by atoms with van der Waals surface area (Å²) in [6, 6.07) is 3.44. The molecule has 0 bridgehead atoms. The standard InChI is InChI=1S/C14H20ClN3O5S/c1-14(2,17-5-7-23-8-6-17)10-16-24(21,22)11-3-4-12(15)13(9-11)18(19)20/h3-4,9,16H,5-8,10H2,1-2H3/p+1. The van der Waals surface area contributed by atoms with Crippen molar-refractivity contribution in [1.29, 1.82) is 0 Å². The number of hydrogen-bond donors (Lipinski definition) is 2. The fraction of sp³-hybridized carbons (Fsp3) is 0.571. The second-order valence-electron chi connectivity index (χ2n) is 6.29. The SMILES string of the molecule is CC(C)(CNS(=O)(=O)c1ccc(Cl)c([N+](=O)[O-])c1)[NH+]1CCOCC1. The average Bonchev–Trinajstić information content (AvgIpc) is 2.54. The highest BCUT2D eigenvalue weighted by molar-refractivity contribution is 7.89. The van der Waals surface area contributed by atoms with E-state index in [1.54, 1.807) is 0 Å². The van der Waals surface area contributed by atoms with Crippen molar-refractivity contribution in [3.8, 4) is 0 Å². The van der Waals surface area contributed by atoms with Crippen molar-refractivity contribution in [1.82, 2.24) is 4.72 Å². The largest absolute Gasteiger partial charge is 0.370 e. The second-order valence-corrected chi connectivity index (χ2v) is 8.47. The van der Waals surface area contributed by atoms with E-state index in [1.807, 2.05) is 13.8 Å². The Bertz CT molecular complexity index is 717. The lowest BCUT2D eigenvalue weighted by Gasteiger charge is -2.37. The molecule has 0 saturated carbocycles. The molecule has 1 saturated heterocycles. The van der Waals surface area contributed by atoms with Gasteiger partial charge >= 0.3 is 0 Å². The first-order valence-corrected chi connectivity index (χ1v) is 9.36. The molecular formula is C14H21ClN3O5S+. The number of nitro groups is 1. The van der Waals surface area contributed by atoms with Gasteiger partial charge in [-0.15, -0.1) is 0 Å². The molecule has 1 aliphatic heterocycles. The maximum Gasteiger partial charge on any atom is 0.289 e. The monoisotopic (exact) mass is 378 g/mol. The van der Waals surface area contributed by atoms with Crippen LogP contribution in [0.1, 0.15) is 13.8 Å². The van der Waals surface area contributed by atoms with Crippen LogP contribution in [0.2, 0.25) is 5.02 Å². The van der Waals surface area contributed by atoms with E-state index in [0.29, 0.717) is 13.2 Å². The summed E-state index contributed by atoms with van der Waals surface area (Å²) >= 11 is 5.72. The Labute approximate surface area is 145 Å². The first kappa shape index (κ1) is 19.1. The van der Waals surface area contributed by atoms with Gasteiger partial charge in [0.05, 0.1) is 29.6 Å². The van der Waals surface area contributed by atoms with E-state index in [1.165, 1.54) is 17.0 Å². The minimum atomic E-state index is -3.86. The molecule has 8 nitrogen and oxygen atoms in total. The molecule has 1 aliphatic rings. The van der Waals surface area contributed by atoms with Gasteiger partial charge in [0, 0.05) is 6.07 Å². The highest BCUT2D eigenvalue weighted by atomic mass is 35.5. The zero-order chi connectivity index (χ0) is 18.0. The molecule has 0 aromatic heterocycles. The minimum absolute atomic E-state index is 0.1000. The van der Waals surface area contributed by atoms with Crippen LogP contribution in [0.25, 0.3) is 0 Å². The van der Waals surface area contributed by atoms with Crippen LogP contribution in [0.5, 0.6) is 0 Å². The van der Waals surface area contributed by atoms with Crippen LogP contribution in [0.3, 0.4) is 0 Å². The van der Waals surface area contributed by atoms with Crippen molar-refractivity contribution in [3.05, 3.63) is 33.3 Å². The fourth-order valence-electron chi connectivity index (χ4n) is 2.58. The summed E-state index contributed by atoms with van der Waals surface area (Å²) in [5.74, 6) is 0. The normalized spacial score (nSPS) is 17.0. The Morgan fingerprint density at radius 2 is 2.00 bits per heavy atom. The molecule has 0 atom stereocenters. The van der Waals surface area contributed by atoms with Gasteiger partial charge in [-0.3, -0.25) is 10.1 Å². The molecule has 0 spiro atoms. The summed E-state index contributed by atoms with van der Waals surface area (Å²) in [5, 5.41) is 10.8. The van der Waals surface area contributed by atoms with Crippen molar-refractivity contribution in [2.24, 2.45) is 0 Å². The molecule has 24 heavy (non-hydrogen) atoms. The Balaban J connectivity index is 2.13. The number of hydrogen-bond acceptors (Lipinski definition) is 5. The van der Waals surface area contributed by atoms with Gasteiger partial charge in [0.1, 0.15) is 23.7 Å². The van der Waals surface area contributed by atoms with Gasteiger partial charge in [-0.05, 0) is 26.0 Å². The summed E-state index contributed by atoms with van der Waals surface area (Å²) in [5.41, 5.74) is -0.757. The van der Waals surface area contributed by atoms with Gasteiger partial charge in [0.15, 0.2) is 0 Å². The number of sulfonamides is 1. The maximum absolute atomic E-state index is 12.4. The third-order valence-electron chi connectivity index (χ3n) is 4.18. The third-order valence-corrected chi connectivity index (χ3v) is 5.90. The number of quaternary nitrogens is 1. The molecule has 1 aromatic carbocycles. The van der Waals surface area contributed by atoms with Crippen LogP contribution < -0.4 is 9.62 Å². The first-order chi connectivity index (χ1) is 11.1. The van der Waals surface area contributed by atoms with Gasteiger partial charge in [-0.25, -0.2) is 13.1 Å². The molecule has 2 N–H and O–H groups in total. The highest BCUT2D eigenvalue weighted by Crippen LogP contribution is 2.27. The van der Waals surface area contributed by atoms with Gasteiger partial charge in [-0.1, -0.05) is 11.6 Å². The minimum Gasteiger partial charge on any atom is -0.370 e.